The van der Waals surface area contributed by atoms with Crippen LogP contribution in [0.25, 0.3) is 16.6 Å². The maximum atomic E-state index is 5.91. The number of rotatable bonds is 2. The van der Waals surface area contributed by atoms with E-state index in [0.717, 1.165) is 22.2 Å². The Kier molecular flexibility index (Phi) is 2.11. The summed E-state index contributed by atoms with van der Waals surface area (Å²) in [6, 6.07) is 8.04. The molecule has 0 spiro atoms. The van der Waals surface area contributed by atoms with Gasteiger partial charge in [-0.25, -0.2) is 0 Å². The summed E-state index contributed by atoms with van der Waals surface area (Å²) < 4.78 is 0. The number of aromatic amines is 1. The lowest BCUT2D eigenvalue weighted by Gasteiger charge is -2.02. The van der Waals surface area contributed by atoms with Crippen molar-refractivity contribution < 1.29 is 0 Å². The van der Waals surface area contributed by atoms with Gasteiger partial charge in [0.1, 0.15) is 0 Å². The van der Waals surface area contributed by atoms with Crippen LogP contribution < -0.4 is 5.73 Å². The Labute approximate surface area is 82.7 Å². The van der Waals surface area contributed by atoms with Crippen molar-refractivity contribution in [2.75, 3.05) is 0 Å². The highest BCUT2D eigenvalue weighted by atomic mass is 14.7. The van der Waals surface area contributed by atoms with Crippen LogP contribution in [0.15, 0.2) is 49.2 Å². The van der Waals surface area contributed by atoms with Gasteiger partial charge in [-0.2, -0.15) is 0 Å². The molecule has 0 unspecified atom stereocenters. The minimum atomic E-state index is 0.741. The van der Waals surface area contributed by atoms with Crippen LogP contribution in [0.2, 0.25) is 0 Å². The molecule has 0 aliphatic carbocycles. The maximum absolute atomic E-state index is 5.91. The topological polar surface area (TPSA) is 41.8 Å². The summed E-state index contributed by atoms with van der Waals surface area (Å²) in [5.74, 6) is 0. The summed E-state index contributed by atoms with van der Waals surface area (Å²) in [6.45, 7) is 3.63. The predicted octanol–water partition coefficient (Wildman–Crippen LogP) is 2.65. The molecule has 2 aromatic rings. The third-order valence-electron chi connectivity index (χ3n) is 2.20. The number of H-pyrrole nitrogens is 1. The number of aromatic nitrogens is 1. The molecular formula is C12H12N2. The molecule has 0 saturated heterocycles. The fraction of sp³-hybridized carbons (Fsp3) is 0. The molecular weight excluding hydrogens is 172 g/mol. The highest BCUT2D eigenvalue weighted by Gasteiger charge is 2.02. The first-order valence-corrected chi connectivity index (χ1v) is 4.47. The van der Waals surface area contributed by atoms with Crippen LogP contribution in [0.4, 0.5) is 0 Å². The first-order chi connectivity index (χ1) is 6.83. The molecule has 0 saturated carbocycles. The monoisotopic (exact) mass is 184 g/mol. The van der Waals surface area contributed by atoms with E-state index in [9.17, 15) is 0 Å². The molecule has 70 valence electrons. The largest absolute Gasteiger partial charge is 0.398 e. The van der Waals surface area contributed by atoms with E-state index in [1.807, 2.05) is 36.5 Å². The summed E-state index contributed by atoms with van der Waals surface area (Å²) in [5.41, 5.74) is 8.79. The number of hydrogen-bond donors (Lipinski definition) is 2. The van der Waals surface area contributed by atoms with Crippen LogP contribution in [-0.4, -0.2) is 4.98 Å². The average molecular weight is 184 g/mol. The van der Waals surface area contributed by atoms with Crippen LogP contribution in [0.3, 0.4) is 0 Å². The molecule has 2 heteroatoms. The van der Waals surface area contributed by atoms with Crippen LogP contribution >= 0.6 is 0 Å². The third-order valence-corrected chi connectivity index (χ3v) is 2.20. The van der Waals surface area contributed by atoms with Gasteiger partial charge in [-0.1, -0.05) is 24.8 Å². The minimum absolute atomic E-state index is 0.741. The molecule has 1 heterocycles. The number of fused-ring (bicyclic) bond motifs is 1. The molecule has 2 rings (SSSR count). The van der Waals surface area contributed by atoms with Gasteiger partial charge in [-0.15, -0.1) is 0 Å². The molecule has 3 N–H and O–H groups in total. The van der Waals surface area contributed by atoms with Gasteiger partial charge in [-0.3, -0.25) is 0 Å². The Morgan fingerprint density at radius 2 is 2.21 bits per heavy atom. The Morgan fingerprint density at radius 1 is 1.36 bits per heavy atom. The van der Waals surface area contributed by atoms with Crippen LogP contribution in [0.5, 0.6) is 0 Å². The SMILES string of the molecule is C=C/C=C(/N)c1cccc2[nH]ccc12. The van der Waals surface area contributed by atoms with E-state index in [0.29, 0.717) is 0 Å². The van der Waals surface area contributed by atoms with Crippen LogP contribution in [0, 0.1) is 0 Å². The fourth-order valence-corrected chi connectivity index (χ4v) is 1.55. The lowest BCUT2D eigenvalue weighted by molar-refractivity contribution is 1.47. The molecule has 0 atom stereocenters. The van der Waals surface area contributed by atoms with E-state index in [1.54, 1.807) is 6.08 Å². The molecule has 2 nitrogen and oxygen atoms in total. The second kappa shape index (κ2) is 3.42. The van der Waals surface area contributed by atoms with Gasteiger partial charge in [0, 0.05) is 28.4 Å². The van der Waals surface area contributed by atoms with E-state index in [2.05, 4.69) is 11.6 Å². The van der Waals surface area contributed by atoms with Crippen LogP contribution in [0.1, 0.15) is 5.56 Å². The van der Waals surface area contributed by atoms with Gasteiger partial charge in [0.2, 0.25) is 0 Å². The predicted molar refractivity (Wildman–Crippen MR) is 60.7 cm³/mol. The molecule has 1 aromatic heterocycles. The van der Waals surface area contributed by atoms with E-state index < -0.39 is 0 Å². The van der Waals surface area contributed by atoms with Crippen molar-refractivity contribution in [3.05, 3.63) is 54.8 Å². The Bertz CT molecular complexity index is 492. The first kappa shape index (κ1) is 8.63. The normalized spacial score (nSPS) is 11.9. The fourth-order valence-electron chi connectivity index (χ4n) is 1.55. The summed E-state index contributed by atoms with van der Waals surface area (Å²) in [7, 11) is 0. The highest BCUT2D eigenvalue weighted by Crippen LogP contribution is 2.21. The minimum Gasteiger partial charge on any atom is -0.398 e. The van der Waals surface area contributed by atoms with E-state index in [-0.39, 0.29) is 0 Å². The number of nitrogens with two attached hydrogens (primary N) is 1. The lowest BCUT2D eigenvalue weighted by atomic mass is 10.1. The van der Waals surface area contributed by atoms with Gasteiger partial charge in [0.05, 0.1) is 0 Å². The van der Waals surface area contributed by atoms with E-state index >= 15 is 0 Å². The lowest BCUT2D eigenvalue weighted by Crippen LogP contribution is -1.95. The number of hydrogen-bond acceptors (Lipinski definition) is 1. The number of nitrogens with one attached hydrogen (secondary N) is 1. The summed E-state index contributed by atoms with van der Waals surface area (Å²) >= 11 is 0. The van der Waals surface area contributed by atoms with Crippen molar-refractivity contribution in [3.63, 3.8) is 0 Å². The van der Waals surface area contributed by atoms with Crippen molar-refractivity contribution in [2.24, 2.45) is 5.73 Å². The Hall–Kier alpha value is -1.96. The summed E-state index contributed by atoms with van der Waals surface area (Å²) in [5, 5.41) is 1.14. The van der Waals surface area contributed by atoms with Crippen molar-refractivity contribution >= 4 is 16.6 Å². The zero-order chi connectivity index (χ0) is 9.97. The second-order valence-corrected chi connectivity index (χ2v) is 3.10. The molecule has 0 amide bonds. The molecule has 0 aliphatic heterocycles. The van der Waals surface area contributed by atoms with Gasteiger partial charge >= 0.3 is 0 Å². The van der Waals surface area contributed by atoms with E-state index in [4.69, 9.17) is 5.73 Å². The summed E-state index contributed by atoms with van der Waals surface area (Å²) in [6.07, 6.45) is 5.41. The molecule has 0 bridgehead atoms. The van der Waals surface area contributed by atoms with Gasteiger partial charge in [-0.05, 0) is 18.2 Å². The van der Waals surface area contributed by atoms with Crippen LogP contribution in [-0.2, 0) is 0 Å². The standard InChI is InChI=1S/C12H12N2/c1-2-4-11(13)9-5-3-6-12-10(9)7-8-14-12/h2-8,14H,1,13H2/b11-4+. The second-order valence-electron chi connectivity index (χ2n) is 3.10. The van der Waals surface area contributed by atoms with Crippen molar-refractivity contribution in [1.29, 1.82) is 0 Å². The molecule has 1 aromatic carbocycles. The number of allylic oxidation sites excluding steroid dienone is 2. The zero-order valence-corrected chi connectivity index (χ0v) is 7.83. The molecule has 0 fully saturated rings. The quantitative estimate of drug-likeness (QED) is 0.692. The van der Waals surface area contributed by atoms with Gasteiger partial charge < -0.3 is 10.7 Å². The van der Waals surface area contributed by atoms with Crippen molar-refractivity contribution in [3.8, 4) is 0 Å². The molecule has 0 radical (unpaired) electrons. The zero-order valence-electron chi connectivity index (χ0n) is 7.83. The Balaban J connectivity index is 2.67. The highest BCUT2D eigenvalue weighted by molar-refractivity contribution is 5.91. The smallest absolute Gasteiger partial charge is 0.0460 e. The van der Waals surface area contributed by atoms with Gasteiger partial charge in [0.15, 0.2) is 0 Å². The van der Waals surface area contributed by atoms with E-state index in [1.165, 1.54) is 0 Å². The maximum Gasteiger partial charge on any atom is 0.0460 e. The summed E-state index contributed by atoms with van der Waals surface area (Å²) in [4.78, 5) is 3.15. The average Bonchev–Trinajstić information content (AvgIpc) is 2.65. The molecule has 0 aliphatic rings. The van der Waals surface area contributed by atoms with Gasteiger partial charge in [0.25, 0.3) is 0 Å². The first-order valence-electron chi connectivity index (χ1n) is 4.47. The number of benzene rings is 1. The van der Waals surface area contributed by atoms with Crippen molar-refractivity contribution in [1.82, 2.24) is 4.98 Å². The Morgan fingerprint density at radius 3 is 3.00 bits per heavy atom. The third kappa shape index (κ3) is 1.31. The van der Waals surface area contributed by atoms with Crippen molar-refractivity contribution in [2.45, 2.75) is 0 Å². The molecule has 14 heavy (non-hydrogen) atoms.